The van der Waals surface area contributed by atoms with Gasteiger partial charge in [0, 0.05) is 42.6 Å². The van der Waals surface area contributed by atoms with E-state index in [4.69, 9.17) is 4.74 Å². The Hall–Kier alpha value is -1.79. The highest BCUT2D eigenvalue weighted by atomic mass is 32.1. The highest BCUT2D eigenvalue weighted by Crippen LogP contribution is 2.42. The van der Waals surface area contributed by atoms with Gasteiger partial charge in [-0.25, -0.2) is 4.79 Å². The summed E-state index contributed by atoms with van der Waals surface area (Å²) in [6.45, 7) is 4.19. The molecule has 0 aromatic carbocycles. The number of nitrogens with zero attached hydrogens (tertiary/aromatic N) is 2. The van der Waals surface area contributed by atoms with Gasteiger partial charge in [-0.15, -0.1) is 11.3 Å². The van der Waals surface area contributed by atoms with E-state index >= 15 is 0 Å². The van der Waals surface area contributed by atoms with E-state index in [0.717, 1.165) is 19.3 Å². The number of urea groups is 1. The van der Waals surface area contributed by atoms with Crippen molar-refractivity contribution in [3.63, 3.8) is 0 Å². The first-order valence-electron chi connectivity index (χ1n) is 10.1. The number of hydrogen-bond acceptors (Lipinski definition) is 3. The molecule has 0 fully saturated rings. The third kappa shape index (κ3) is 3.41. The third-order valence-corrected chi connectivity index (χ3v) is 7.09. The van der Waals surface area contributed by atoms with Crippen molar-refractivity contribution in [3.05, 3.63) is 40.0 Å². The van der Waals surface area contributed by atoms with E-state index in [2.05, 4.69) is 35.1 Å². The lowest BCUT2D eigenvalue weighted by Crippen LogP contribution is -2.42. The second kappa shape index (κ2) is 8.07. The smallest absolute Gasteiger partial charge is 0.318 e. The van der Waals surface area contributed by atoms with E-state index in [1.807, 2.05) is 16.2 Å². The number of methoxy groups -OCH3 is 1. The minimum atomic E-state index is 0.0364. The molecule has 1 aliphatic carbocycles. The van der Waals surface area contributed by atoms with Gasteiger partial charge in [-0.3, -0.25) is 0 Å². The molecule has 2 aromatic heterocycles. The van der Waals surface area contributed by atoms with Crippen molar-refractivity contribution in [2.45, 2.75) is 58.0 Å². The Morgan fingerprint density at radius 3 is 3.00 bits per heavy atom. The van der Waals surface area contributed by atoms with Crippen molar-refractivity contribution in [3.8, 4) is 5.00 Å². The lowest BCUT2D eigenvalue weighted by atomic mass is 9.95. The van der Waals surface area contributed by atoms with Crippen LogP contribution in [-0.4, -0.2) is 35.8 Å². The highest BCUT2D eigenvalue weighted by molar-refractivity contribution is 7.15. The number of carbonyl (C=O) groups is 1. The fourth-order valence-electron chi connectivity index (χ4n) is 4.42. The van der Waals surface area contributed by atoms with Crippen LogP contribution in [0.25, 0.3) is 5.00 Å². The van der Waals surface area contributed by atoms with Crippen molar-refractivity contribution in [1.82, 2.24) is 14.8 Å². The van der Waals surface area contributed by atoms with Gasteiger partial charge in [-0.1, -0.05) is 6.92 Å². The maximum Gasteiger partial charge on any atom is 0.318 e. The summed E-state index contributed by atoms with van der Waals surface area (Å²) in [6.07, 6.45) is 8.79. The minimum Gasteiger partial charge on any atom is -0.385 e. The molecule has 6 heteroatoms. The van der Waals surface area contributed by atoms with Gasteiger partial charge in [0.15, 0.2) is 0 Å². The standard InChI is InChI=1S/C21H29N3O2S/c1-3-17-18-9-6-12-23(18)20-16(15-8-4-5-10-19(15)27-20)14-24(17)21(25)22-11-7-13-26-2/h6,9,12,17H,3-5,7-8,10-11,13-14H2,1-2H3,(H,22,25)/t17-/m1/s1. The topological polar surface area (TPSA) is 46.5 Å². The van der Waals surface area contributed by atoms with Gasteiger partial charge in [0.1, 0.15) is 5.00 Å². The summed E-state index contributed by atoms with van der Waals surface area (Å²) in [7, 11) is 1.69. The molecule has 0 bridgehead atoms. The number of nitrogens with one attached hydrogen (secondary N) is 1. The summed E-state index contributed by atoms with van der Waals surface area (Å²) in [5.41, 5.74) is 4.10. The fourth-order valence-corrected chi connectivity index (χ4v) is 5.83. The molecule has 27 heavy (non-hydrogen) atoms. The number of rotatable bonds is 5. The predicted octanol–water partition coefficient (Wildman–Crippen LogP) is 4.43. The number of aryl methyl sites for hydroxylation is 1. The molecule has 0 saturated carbocycles. The SMILES string of the molecule is CC[C@@H]1c2cccn2-c2sc3c(c2CN1C(=O)NCCCOC)CCCC3. The molecule has 0 saturated heterocycles. The van der Waals surface area contributed by atoms with Crippen LogP contribution >= 0.6 is 11.3 Å². The molecule has 0 radical (unpaired) electrons. The Morgan fingerprint density at radius 1 is 1.33 bits per heavy atom. The lowest BCUT2D eigenvalue weighted by Gasteiger charge is -2.30. The Morgan fingerprint density at radius 2 is 2.19 bits per heavy atom. The quantitative estimate of drug-likeness (QED) is 0.772. The van der Waals surface area contributed by atoms with Crippen LogP contribution in [0.15, 0.2) is 18.3 Å². The van der Waals surface area contributed by atoms with Crippen molar-refractivity contribution in [1.29, 1.82) is 0 Å². The van der Waals surface area contributed by atoms with Gasteiger partial charge < -0.3 is 19.5 Å². The third-order valence-electron chi connectivity index (χ3n) is 5.75. The molecule has 2 amide bonds. The zero-order chi connectivity index (χ0) is 18.8. The van der Waals surface area contributed by atoms with Crippen molar-refractivity contribution in [2.24, 2.45) is 0 Å². The van der Waals surface area contributed by atoms with Crippen LogP contribution < -0.4 is 5.32 Å². The van der Waals surface area contributed by atoms with Crippen LogP contribution in [0.3, 0.4) is 0 Å². The van der Waals surface area contributed by atoms with Gasteiger partial charge >= 0.3 is 6.03 Å². The van der Waals surface area contributed by atoms with Crippen molar-refractivity contribution >= 4 is 17.4 Å². The summed E-state index contributed by atoms with van der Waals surface area (Å²) in [6, 6.07) is 4.42. The monoisotopic (exact) mass is 387 g/mol. The maximum atomic E-state index is 13.1. The zero-order valence-electron chi connectivity index (χ0n) is 16.3. The summed E-state index contributed by atoms with van der Waals surface area (Å²) >= 11 is 1.94. The molecule has 2 aliphatic rings. The first-order valence-corrected chi connectivity index (χ1v) is 10.9. The maximum absolute atomic E-state index is 13.1. The number of carbonyl (C=O) groups excluding carboxylic acids is 1. The predicted molar refractivity (Wildman–Crippen MR) is 109 cm³/mol. The molecule has 3 heterocycles. The number of ether oxygens (including phenoxy) is 1. The van der Waals surface area contributed by atoms with E-state index in [1.165, 1.54) is 46.0 Å². The largest absolute Gasteiger partial charge is 0.385 e. The Kier molecular flexibility index (Phi) is 5.55. The lowest BCUT2D eigenvalue weighted by molar-refractivity contribution is 0.164. The van der Waals surface area contributed by atoms with Gasteiger partial charge in [-0.05, 0) is 56.2 Å². The second-order valence-electron chi connectivity index (χ2n) is 7.43. The molecule has 2 aromatic rings. The first kappa shape index (κ1) is 18.6. The number of amides is 2. The molecule has 146 valence electrons. The molecule has 0 unspecified atom stereocenters. The average molecular weight is 388 g/mol. The van der Waals surface area contributed by atoms with Gasteiger partial charge in [0.05, 0.1) is 12.6 Å². The van der Waals surface area contributed by atoms with Crippen LogP contribution in [0.1, 0.15) is 60.3 Å². The molecule has 5 nitrogen and oxygen atoms in total. The van der Waals surface area contributed by atoms with E-state index in [1.54, 1.807) is 7.11 Å². The Labute approximate surface area is 165 Å². The number of thiophene rings is 1. The van der Waals surface area contributed by atoms with Crippen LogP contribution in [-0.2, 0) is 24.1 Å². The van der Waals surface area contributed by atoms with Gasteiger partial charge in [0.2, 0.25) is 0 Å². The van der Waals surface area contributed by atoms with E-state index < -0.39 is 0 Å². The normalized spacial score (nSPS) is 18.4. The number of fused-ring (bicyclic) bond motifs is 5. The molecule has 1 aliphatic heterocycles. The van der Waals surface area contributed by atoms with Crippen molar-refractivity contribution in [2.75, 3.05) is 20.3 Å². The van der Waals surface area contributed by atoms with Crippen LogP contribution in [0.5, 0.6) is 0 Å². The summed E-state index contributed by atoms with van der Waals surface area (Å²) < 4.78 is 7.44. The molecule has 1 atom stereocenters. The zero-order valence-corrected chi connectivity index (χ0v) is 17.1. The summed E-state index contributed by atoms with van der Waals surface area (Å²) in [5.74, 6) is 0. The van der Waals surface area contributed by atoms with E-state index in [9.17, 15) is 4.79 Å². The molecular formula is C21H29N3O2S. The number of hydrogen-bond donors (Lipinski definition) is 1. The minimum absolute atomic E-state index is 0.0364. The average Bonchev–Trinajstić information content (AvgIpc) is 3.27. The second-order valence-corrected chi connectivity index (χ2v) is 8.51. The van der Waals surface area contributed by atoms with Crippen LogP contribution in [0.2, 0.25) is 0 Å². The molecular weight excluding hydrogens is 358 g/mol. The molecule has 0 spiro atoms. The van der Waals surface area contributed by atoms with Gasteiger partial charge in [-0.2, -0.15) is 0 Å². The Balaban J connectivity index is 1.69. The summed E-state index contributed by atoms with van der Waals surface area (Å²) in [5, 5.41) is 4.44. The van der Waals surface area contributed by atoms with E-state index in [0.29, 0.717) is 19.7 Å². The number of aromatic nitrogens is 1. The molecule has 1 N–H and O–H groups in total. The Bertz CT molecular complexity index is 810. The molecule has 4 rings (SSSR count). The summed E-state index contributed by atoms with van der Waals surface area (Å²) in [4.78, 5) is 16.7. The van der Waals surface area contributed by atoms with Crippen molar-refractivity contribution < 1.29 is 9.53 Å². The fraction of sp³-hybridized carbons (Fsp3) is 0.571. The van der Waals surface area contributed by atoms with Crippen LogP contribution in [0, 0.1) is 0 Å². The first-order chi connectivity index (χ1) is 13.2. The van der Waals surface area contributed by atoms with Gasteiger partial charge in [0.25, 0.3) is 0 Å². The van der Waals surface area contributed by atoms with Crippen LogP contribution in [0.4, 0.5) is 4.79 Å². The van der Waals surface area contributed by atoms with E-state index in [-0.39, 0.29) is 12.1 Å². The highest BCUT2D eigenvalue weighted by Gasteiger charge is 2.34.